The van der Waals surface area contributed by atoms with Crippen LogP contribution in [0.4, 0.5) is 0 Å². The Morgan fingerprint density at radius 1 is 1.09 bits per heavy atom. The van der Waals surface area contributed by atoms with Gasteiger partial charge in [-0.2, -0.15) is 5.10 Å². The molecule has 166 valence electrons. The number of rotatable bonds is 5. The lowest BCUT2D eigenvalue weighted by Gasteiger charge is -2.13. The Bertz CT molecular complexity index is 1210. The van der Waals surface area contributed by atoms with E-state index in [1.165, 1.54) is 11.3 Å². The standard InChI is InChI=1S/C22H19Cl2N3O3S2/c1-12(14-11-31-20(19(14)28)13-4-5-15(23)16(24)10-13)25-26-21(29)17-6-7-18(32-17)22(30)27-8-2-3-9-27/h4-7,10-11,28H,2-3,8-9H2,1H3,(H,26,29)/b25-12+. The van der Waals surface area contributed by atoms with E-state index in [0.717, 1.165) is 42.8 Å². The van der Waals surface area contributed by atoms with Crippen LogP contribution in [0.5, 0.6) is 5.75 Å². The first-order valence-corrected chi connectivity index (χ1v) is 12.3. The normalized spacial score (nSPS) is 14.1. The van der Waals surface area contributed by atoms with Crippen LogP contribution in [-0.4, -0.2) is 40.6 Å². The Kier molecular flexibility index (Phi) is 6.85. The van der Waals surface area contributed by atoms with Crippen LogP contribution in [0, 0.1) is 0 Å². The average molecular weight is 508 g/mol. The van der Waals surface area contributed by atoms with Crippen LogP contribution in [0.25, 0.3) is 10.4 Å². The Hall–Kier alpha value is -2.39. The first-order chi connectivity index (χ1) is 15.3. The Morgan fingerprint density at radius 3 is 2.53 bits per heavy atom. The van der Waals surface area contributed by atoms with Crippen molar-refractivity contribution in [2.24, 2.45) is 5.10 Å². The van der Waals surface area contributed by atoms with E-state index in [1.54, 1.807) is 47.5 Å². The largest absolute Gasteiger partial charge is 0.506 e. The maximum absolute atomic E-state index is 12.5. The van der Waals surface area contributed by atoms with Crippen molar-refractivity contribution >= 4 is 63.4 Å². The van der Waals surface area contributed by atoms with E-state index in [-0.39, 0.29) is 11.7 Å². The zero-order valence-corrected chi connectivity index (χ0v) is 20.2. The molecule has 2 N–H and O–H groups in total. The molecule has 2 aromatic heterocycles. The highest BCUT2D eigenvalue weighted by Gasteiger charge is 2.22. The van der Waals surface area contributed by atoms with E-state index in [9.17, 15) is 14.7 Å². The Labute approximate surface area is 203 Å². The molecule has 1 fully saturated rings. The first kappa shape index (κ1) is 22.8. The molecule has 1 aromatic carbocycles. The monoisotopic (exact) mass is 507 g/mol. The SMILES string of the molecule is C/C(=N\NC(=O)c1ccc(C(=O)N2CCCC2)s1)c1csc(-c2ccc(Cl)c(Cl)c2)c1O. The number of halogens is 2. The van der Waals surface area contributed by atoms with Crippen molar-refractivity contribution in [2.45, 2.75) is 19.8 Å². The minimum atomic E-state index is -0.408. The van der Waals surface area contributed by atoms with E-state index in [2.05, 4.69) is 10.5 Å². The smallest absolute Gasteiger partial charge is 0.281 e. The molecule has 0 saturated carbocycles. The summed E-state index contributed by atoms with van der Waals surface area (Å²) in [7, 11) is 0. The van der Waals surface area contributed by atoms with Gasteiger partial charge in [-0.15, -0.1) is 22.7 Å². The van der Waals surface area contributed by atoms with Crippen LogP contribution < -0.4 is 5.43 Å². The summed E-state index contributed by atoms with van der Waals surface area (Å²) in [5.41, 5.74) is 4.19. The second-order valence-electron chi connectivity index (χ2n) is 7.26. The Balaban J connectivity index is 1.46. The fourth-order valence-electron chi connectivity index (χ4n) is 3.35. The maximum Gasteiger partial charge on any atom is 0.281 e. The van der Waals surface area contributed by atoms with Crippen molar-refractivity contribution in [2.75, 3.05) is 13.1 Å². The number of benzene rings is 1. The lowest BCUT2D eigenvalue weighted by atomic mass is 10.1. The van der Waals surface area contributed by atoms with Gasteiger partial charge in [-0.25, -0.2) is 5.43 Å². The quantitative estimate of drug-likeness (QED) is 0.334. The molecule has 10 heteroatoms. The van der Waals surface area contributed by atoms with Gasteiger partial charge in [-0.05, 0) is 49.6 Å². The molecule has 6 nitrogen and oxygen atoms in total. The molecule has 0 bridgehead atoms. The van der Waals surface area contributed by atoms with Gasteiger partial charge in [0.2, 0.25) is 0 Å². The van der Waals surface area contributed by atoms with Crippen LogP contribution in [0.1, 0.15) is 44.7 Å². The molecule has 3 aromatic rings. The van der Waals surface area contributed by atoms with Gasteiger partial charge in [-0.1, -0.05) is 29.3 Å². The number of nitrogens with one attached hydrogen (secondary N) is 1. The Morgan fingerprint density at radius 2 is 1.81 bits per heavy atom. The predicted octanol–water partition coefficient (Wildman–Crippen LogP) is 5.88. The van der Waals surface area contributed by atoms with Crippen molar-refractivity contribution in [1.29, 1.82) is 0 Å². The van der Waals surface area contributed by atoms with E-state index >= 15 is 0 Å². The van der Waals surface area contributed by atoms with Gasteiger partial charge in [0.25, 0.3) is 11.8 Å². The number of aromatic hydroxyl groups is 1. The van der Waals surface area contributed by atoms with Gasteiger partial charge >= 0.3 is 0 Å². The van der Waals surface area contributed by atoms with E-state index in [4.69, 9.17) is 23.2 Å². The minimum absolute atomic E-state index is 0.0377. The fourth-order valence-corrected chi connectivity index (χ4v) is 5.52. The summed E-state index contributed by atoms with van der Waals surface area (Å²) in [6, 6.07) is 8.42. The number of likely N-dealkylation sites (tertiary alicyclic amines) is 1. The summed E-state index contributed by atoms with van der Waals surface area (Å²) in [6.07, 6.45) is 2.03. The number of hydrogen-bond acceptors (Lipinski definition) is 6. The third-order valence-corrected chi connectivity index (χ3v) is 7.92. The molecule has 0 radical (unpaired) electrons. The van der Waals surface area contributed by atoms with Gasteiger partial charge in [0.15, 0.2) is 0 Å². The van der Waals surface area contributed by atoms with Gasteiger partial charge in [0.1, 0.15) is 5.75 Å². The average Bonchev–Trinajstić information content (AvgIpc) is 3.54. The summed E-state index contributed by atoms with van der Waals surface area (Å²) >= 11 is 14.5. The van der Waals surface area contributed by atoms with Crippen molar-refractivity contribution in [3.63, 3.8) is 0 Å². The van der Waals surface area contributed by atoms with Crippen LogP contribution in [0.15, 0.2) is 40.8 Å². The van der Waals surface area contributed by atoms with Gasteiger partial charge in [-0.3, -0.25) is 9.59 Å². The number of hydrazone groups is 1. The highest BCUT2D eigenvalue weighted by atomic mass is 35.5. The van der Waals surface area contributed by atoms with Gasteiger partial charge < -0.3 is 10.0 Å². The molecular formula is C22H19Cl2N3O3S2. The third kappa shape index (κ3) is 4.68. The molecule has 0 unspecified atom stereocenters. The first-order valence-electron chi connectivity index (χ1n) is 9.85. The molecule has 4 rings (SSSR count). The molecule has 0 aliphatic carbocycles. The van der Waals surface area contributed by atoms with Crippen LogP contribution >= 0.6 is 45.9 Å². The third-order valence-electron chi connectivity index (χ3n) is 5.10. The number of carbonyl (C=O) groups is 2. The zero-order chi connectivity index (χ0) is 22.8. The molecule has 2 amide bonds. The van der Waals surface area contributed by atoms with Crippen LogP contribution in [0.2, 0.25) is 10.0 Å². The minimum Gasteiger partial charge on any atom is -0.506 e. The molecular weight excluding hydrogens is 489 g/mol. The summed E-state index contributed by atoms with van der Waals surface area (Å²) in [5.74, 6) is -0.392. The summed E-state index contributed by atoms with van der Waals surface area (Å²) in [4.78, 5) is 28.3. The number of hydrogen-bond donors (Lipinski definition) is 2. The van der Waals surface area contributed by atoms with Gasteiger partial charge in [0, 0.05) is 18.5 Å². The lowest BCUT2D eigenvalue weighted by Crippen LogP contribution is -2.26. The van der Waals surface area contributed by atoms with E-state index in [1.807, 2.05) is 0 Å². The summed E-state index contributed by atoms with van der Waals surface area (Å²) in [5, 5.41) is 17.4. The fraction of sp³-hybridized carbons (Fsp3) is 0.227. The van der Waals surface area contributed by atoms with Crippen LogP contribution in [-0.2, 0) is 0 Å². The van der Waals surface area contributed by atoms with Crippen molar-refractivity contribution in [3.8, 4) is 16.2 Å². The molecule has 1 aliphatic rings. The maximum atomic E-state index is 12.5. The van der Waals surface area contributed by atoms with E-state index in [0.29, 0.717) is 36.0 Å². The number of amides is 2. The van der Waals surface area contributed by atoms with Crippen molar-refractivity contribution < 1.29 is 14.7 Å². The van der Waals surface area contributed by atoms with Crippen molar-refractivity contribution in [3.05, 3.63) is 61.1 Å². The zero-order valence-electron chi connectivity index (χ0n) is 17.0. The molecule has 1 saturated heterocycles. The number of thiophene rings is 2. The lowest BCUT2D eigenvalue weighted by molar-refractivity contribution is 0.0797. The molecule has 32 heavy (non-hydrogen) atoms. The summed E-state index contributed by atoms with van der Waals surface area (Å²) < 4.78 is 0. The second kappa shape index (κ2) is 9.62. The van der Waals surface area contributed by atoms with Gasteiger partial charge in [0.05, 0.1) is 36.0 Å². The predicted molar refractivity (Wildman–Crippen MR) is 131 cm³/mol. The van der Waals surface area contributed by atoms with Crippen LogP contribution in [0.3, 0.4) is 0 Å². The van der Waals surface area contributed by atoms with Crippen molar-refractivity contribution in [1.82, 2.24) is 10.3 Å². The molecule has 0 spiro atoms. The molecule has 1 aliphatic heterocycles. The molecule has 0 atom stereocenters. The van der Waals surface area contributed by atoms with E-state index < -0.39 is 5.91 Å². The number of nitrogens with zero attached hydrogens (tertiary/aromatic N) is 2. The summed E-state index contributed by atoms with van der Waals surface area (Å²) in [6.45, 7) is 3.21. The molecule has 3 heterocycles. The second-order valence-corrected chi connectivity index (χ2v) is 10.0. The number of carbonyl (C=O) groups excluding carboxylic acids is 2. The highest BCUT2D eigenvalue weighted by Crippen LogP contribution is 2.40. The highest BCUT2D eigenvalue weighted by molar-refractivity contribution is 7.16. The topological polar surface area (TPSA) is 82.0 Å².